The molecular weight excluding hydrogens is 504 g/mol. The van der Waals surface area contributed by atoms with Gasteiger partial charge >= 0.3 is 0 Å². The summed E-state index contributed by atoms with van der Waals surface area (Å²) >= 11 is 7.74. The average molecular weight is 535 g/mol. The highest BCUT2D eigenvalue weighted by Gasteiger charge is 2.42. The van der Waals surface area contributed by atoms with Crippen molar-refractivity contribution in [2.24, 2.45) is 0 Å². The number of rotatable bonds is 8. The molecule has 1 atom stereocenters. The Labute approximate surface area is 216 Å². The van der Waals surface area contributed by atoms with Crippen molar-refractivity contribution >= 4 is 54.2 Å². The third-order valence-electron chi connectivity index (χ3n) is 6.34. The third-order valence-corrected chi connectivity index (χ3v) is 9.71. The SMILES string of the molecule is Cc1ccc(S(=O)(=O)N2CCCC2C(=O)N(CCCN(C)C)c2nc3c(C)c(Cl)ccc3s2)cc1. The number of hydrogen-bond donors (Lipinski definition) is 0. The van der Waals surface area contributed by atoms with E-state index in [2.05, 4.69) is 4.90 Å². The lowest BCUT2D eigenvalue weighted by Crippen LogP contribution is -2.48. The predicted octanol–water partition coefficient (Wildman–Crippen LogP) is 4.70. The highest BCUT2D eigenvalue weighted by Crippen LogP contribution is 2.35. The second kappa shape index (κ2) is 10.5. The lowest BCUT2D eigenvalue weighted by molar-refractivity contribution is -0.121. The number of anilines is 1. The molecule has 2 aromatic carbocycles. The van der Waals surface area contributed by atoms with E-state index >= 15 is 0 Å². The van der Waals surface area contributed by atoms with Crippen LogP contribution in [0.25, 0.3) is 10.2 Å². The third kappa shape index (κ3) is 5.39. The Kier molecular flexibility index (Phi) is 7.83. The van der Waals surface area contributed by atoms with Crippen LogP contribution in [0, 0.1) is 13.8 Å². The first-order chi connectivity index (χ1) is 16.6. The van der Waals surface area contributed by atoms with Gasteiger partial charge in [-0.05, 0) is 83.6 Å². The molecule has 0 saturated carbocycles. The molecule has 188 valence electrons. The zero-order chi connectivity index (χ0) is 25.3. The summed E-state index contributed by atoms with van der Waals surface area (Å²) in [7, 11) is 0.183. The Balaban J connectivity index is 1.68. The summed E-state index contributed by atoms with van der Waals surface area (Å²) < 4.78 is 29.3. The molecule has 2 heterocycles. The fourth-order valence-electron chi connectivity index (χ4n) is 4.35. The van der Waals surface area contributed by atoms with Crippen LogP contribution in [0.15, 0.2) is 41.3 Å². The monoisotopic (exact) mass is 534 g/mol. The number of amides is 1. The average Bonchev–Trinajstić information content (AvgIpc) is 3.47. The Bertz CT molecular complexity index is 1320. The van der Waals surface area contributed by atoms with E-state index in [0.717, 1.165) is 34.3 Å². The summed E-state index contributed by atoms with van der Waals surface area (Å²) in [6.45, 7) is 5.41. The molecule has 1 amide bonds. The van der Waals surface area contributed by atoms with Gasteiger partial charge in [0.05, 0.1) is 15.1 Å². The number of sulfonamides is 1. The maximum absolute atomic E-state index is 13.9. The molecule has 1 fully saturated rings. The molecule has 4 rings (SSSR count). The van der Waals surface area contributed by atoms with Crippen molar-refractivity contribution in [3.8, 4) is 0 Å². The van der Waals surface area contributed by atoms with Crippen LogP contribution >= 0.6 is 22.9 Å². The number of carbonyl (C=O) groups is 1. The highest BCUT2D eigenvalue weighted by atomic mass is 35.5. The second-order valence-electron chi connectivity index (χ2n) is 9.25. The summed E-state index contributed by atoms with van der Waals surface area (Å²) in [6, 6.07) is 9.78. The number of thiazole rings is 1. The van der Waals surface area contributed by atoms with E-state index in [0.29, 0.717) is 36.1 Å². The predicted molar refractivity (Wildman–Crippen MR) is 143 cm³/mol. The Morgan fingerprint density at radius 2 is 1.86 bits per heavy atom. The second-order valence-corrected chi connectivity index (χ2v) is 12.6. The van der Waals surface area contributed by atoms with E-state index in [1.807, 2.05) is 40.1 Å². The van der Waals surface area contributed by atoms with Crippen molar-refractivity contribution < 1.29 is 13.2 Å². The summed E-state index contributed by atoms with van der Waals surface area (Å²) in [5.41, 5.74) is 2.63. The van der Waals surface area contributed by atoms with Crippen molar-refractivity contribution in [1.29, 1.82) is 0 Å². The minimum absolute atomic E-state index is 0.215. The first kappa shape index (κ1) is 26.0. The molecule has 0 bridgehead atoms. The Hall–Kier alpha value is -2.04. The van der Waals surface area contributed by atoms with Crippen LogP contribution in [-0.4, -0.2) is 68.3 Å². The molecule has 10 heteroatoms. The highest BCUT2D eigenvalue weighted by molar-refractivity contribution is 7.89. The maximum atomic E-state index is 13.9. The molecule has 0 spiro atoms. The standard InChI is InChI=1S/C25H31ClN4O3S2/c1-17-8-10-19(11-9-17)35(32,33)30-16-5-7-21(30)24(31)29(15-6-14-28(3)4)25-27-23-18(2)20(26)12-13-22(23)34-25/h8-13,21H,5-7,14-16H2,1-4H3. The molecule has 1 aromatic heterocycles. The molecular formula is C25H31ClN4O3S2. The molecule has 0 radical (unpaired) electrons. The van der Waals surface area contributed by atoms with E-state index < -0.39 is 16.1 Å². The van der Waals surface area contributed by atoms with Gasteiger partial charge in [-0.1, -0.05) is 40.6 Å². The molecule has 1 aliphatic rings. The number of carbonyl (C=O) groups excluding carboxylic acids is 1. The van der Waals surface area contributed by atoms with Gasteiger partial charge < -0.3 is 4.90 Å². The van der Waals surface area contributed by atoms with Gasteiger partial charge in [-0.15, -0.1) is 0 Å². The van der Waals surface area contributed by atoms with Crippen LogP contribution in [0.1, 0.15) is 30.4 Å². The molecule has 0 aliphatic carbocycles. The number of halogens is 1. The van der Waals surface area contributed by atoms with Gasteiger partial charge in [-0.2, -0.15) is 4.31 Å². The lowest BCUT2D eigenvalue weighted by Gasteiger charge is -2.29. The molecule has 1 aliphatic heterocycles. The van der Waals surface area contributed by atoms with Crippen LogP contribution in [0.5, 0.6) is 0 Å². The zero-order valence-corrected chi connectivity index (χ0v) is 22.9. The maximum Gasteiger partial charge on any atom is 0.247 e. The van der Waals surface area contributed by atoms with E-state index in [9.17, 15) is 13.2 Å². The smallest absolute Gasteiger partial charge is 0.247 e. The van der Waals surface area contributed by atoms with Gasteiger partial charge in [0.15, 0.2) is 5.13 Å². The number of aryl methyl sites for hydroxylation is 2. The van der Waals surface area contributed by atoms with Gasteiger partial charge in [0.1, 0.15) is 6.04 Å². The van der Waals surface area contributed by atoms with Crippen molar-refractivity contribution in [3.05, 3.63) is 52.5 Å². The quantitative estimate of drug-likeness (QED) is 0.418. The fraction of sp³-hybridized carbons (Fsp3) is 0.440. The van der Waals surface area contributed by atoms with Crippen molar-refractivity contribution in [3.63, 3.8) is 0 Å². The fourth-order valence-corrected chi connectivity index (χ4v) is 7.21. The van der Waals surface area contributed by atoms with E-state index in [-0.39, 0.29) is 10.8 Å². The summed E-state index contributed by atoms with van der Waals surface area (Å²) in [6.07, 6.45) is 1.87. The number of benzene rings is 2. The van der Waals surface area contributed by atoms with Crippen LogP contribution in [0.2, 0.25) is 5.02 Å². The number of fused-ring (bicyclic) bond motifs is 1. The molecule has 1 unspecified atom stereocenters. The van der Waals surface area contributed by atoms with Crippen molar-refractivity contribution in [1.82, 2.24) is 14.2 Å². The molecule has 1 saturated heterocycles. The van der Waals surface area contributed by atoms with Crippen LogP contribution < -0.4 is 4.90 Å². The number of nitrogens with zero attached hydrogens (tertiary/aromatic N) is 4. The number of hydrogen-bond acceptors (Lipinski definition) is 6. The first-order valence-electron chi connectivity index (χ1n) is 11.7. The molecule has 3 aromatic rings. The summed E-state index contributed by atoms with van der Waals surface area (Å²) in [4.78, 5) is 22.7. The van der Waals surface area contributed by atoms with Gasteiger partial charge in [-0.3, -0.25) is 9.69 Å². The van der Waals surface area contributed by atoms with E-state index in [1.165, 1.54) is 15.6 Å². The van der Waals surface area contributed by atoms with E-state index in [1.54, 1.807) is 29.2 Å². The zero-order valence-electron chi connectivity index (χ0n) is 20.5. The topological polar surface area (TPSA) is 73.8 Å². The summed E-state index contributed by atoms with van der Waals surface area (Å²) in [5, 5.41) is 1.21. The Morgan fingerprint density at radius 3 is 2.54 bits per heavy atom. The van der Waals surface area contributed by atoms with Gasteiger partial charge in [-0.25, -0.2) is 13.4 Å². The number of aromatic nitrogens is 1. The largest absolute Gasteiger partial charge is 0.309 e. The van der Waals surface area contributed by atoms with Crippen molar-refractivity contribution in [2.75, 3.05) is 38.6 Å². The van der Waals surface area contributed by atoms with E-state index in [4.69, 9.17) is 16.6 Å². The minimum atomic E-state index is -3.79. The molecule has 7 nitrogen and oxygen atoms in total. The van der Waals surface area contributed by atoms with Crippen LogP contribution in [-0.2, 0) is 14.8 Å². The Morgan fingerprint density at radius 1 is 1.14 bits per heavy atom. The molecule has 0 N–H and O–H groups in total. The normalized spacial score (nSPS) is 16.9. The van der Waals surface area contributed by atoms with Gasteiger partial charge in [0, 0.05) is 18.1 Å². The van der Waals surface area contributed by atoms with Crippen molar-refractivity contribution in [2.45, 2.75) is 44.0 Å². The molecule has 35 heavy (non-hydrogen) atoms. The van der Waals surface area contributed by atoms with Gasteiger partial charge in [0.25, 0.3) is 0 Å². The van der Waals surface area contributed by atoms with Crippen LogP contribution in [0.4, 0.5) is 5.13 Å². The van der Waals surface area contributed by atoms with Crippen LogP contribution in [0.3, 0.4) is 0 Å². The minimum Gasteiger partial charge on any atom is -0.309 e. The summed E-state index contributed by atoms with van der Waals surface area (Å²) in [5.74, 6) is -0.222. The lowest BCUT2D eigenvalue weighted by atomic mass is 10.2. The van der Waals surface area contributed by atoms with Gasteiger partial charge in [0.2, 0.25) is 15.9 Å². The first-order valence-corrected chi connectivity index (χ1v) is 14.3.